The normalized spacial score (nSPS) is 12.2. The zero-order valence-corrected chi connectivity index (χ0v) is 14.5. The van der Waals surface area contributed by atoms with Crippen LogP contribution in [0.3, 0.4) is 0 Å². The number of benzene rings is 1. The number of hydrogen-bond donors (Lipinski definition) is 0. The van der Waals surface area contributed by atoms with Gasteiger partial charge in [0, 0.05) is 25.9 Å². The van der Waals surface area contributed by atoms with Crippen LogP contribution in [-0.2, 0) is 11.8 Å². The van der Waals surface area contributed by atoms with Crippen LogP contribution < -0.4 is 0 Å². The maximum Gasteiger partial charge on any atom is 0.233 e. The molecule has 1 heterocycles. The Morgan fingerprint density at radius 2 is 2.22 bits per heavy atom. The van der Waals surface area contributed by atoms with Gasteiger partial charge in [0.25, 0.3) is 0 Å². The van der Waals surface area contributed by atoms with Crippen molar-refractivity contribution in [3.05, 3.63) is 53.6 Å². The molecule has 1 unspecified atom stereocenters. The van der Waals surface area contributed by atoms with Crippen molar-refractivity contribution in [3.63, 3.8) is 0 Å². The minimum Gasteiger partial charge on any atom is -0.334 e. The van der Waals surface area contributed by atoms with Crippen molar-refractivity contribution in [2.75, 3.05) is 18.6 Å². The van der Waals surface area contributed by atoms with Crippen LogP contribution in [0.15, 0.2) is 36.7 Å². The van der Waals surface area contributed by atoms with Gasteiger partial charge >= 0.3 is 0 Å². The van der Waals surface area contributed by atoms with E-state index in [0.717, 1.165) is 23.3 Å². The summed E-state index contributed by atoms with van der Waals surface area (Å²) in [5, 5.41) is 4.18. The van der Waals surface area contributed by atoms with Crippen molar-refractivity contribution in [1.82, 2.24) is 14.7 Å². The number of halogens is 1. The highest BCUT2D eigenvalue weighted by Crippen LogP contribution is 2.28. The Kier molecular flexibility index (Phi) is 6.21. The Morgan fingerprint density at radius 3 is 2.83 bits per heavy atom. The van der Waals surface area contributed by atoms with Gasteiger partial charge in [0.05, 0.1) is 18.0 Å². The number of aryl methyl sites for hydroxylation is 1. The number of aromatic nitrogens is 2. The molecule has 1 amide bonds. The van der Waals surface area contributed by atoms with Crippen LogP contribution in [0.5, 0.6) is 0 Å². The second kappa shape index (κ2) is 8.15. The Bertz CT molecular complexity index is 659. The first-order valence-corrected chi connectivity index (χ1v) is 8.75. The van der Waals surface area contributed by atoms with Crippen molar-refractivity contribution in [3.8, 4) is 0 Å². The Hall–Kier alpha value is -1.82. The summed E-state index contributed by atoms with van der Waals surface area (Å²) < 4.78 is 15.3. The molecule has 0 bridgehead atoms. The minimum absolute atomic E-state index is 0.0292. The minimum atomic E-state index is -0.339. The predicted molar refractivity (Wildman–Crippen MR) is 91.8 cm³/mol. The molecule has 23 heavy (non-hydrogen) atoms. The third kappa shape index (κ3) is 4.58. The van der Waals surface area contributed by atoms with Gasteiger partial charge in [-0.2, -0.15) is 16.9 Å². The molecular weight excluding hydrogens is 313 g/mol. The average Bonchev–Trinajstić information content (AvgIpc) is 2.94. The van der Waals surface area contributed by atoms with Crippen LogP contribution >= 0.6 is 11.8 Å². The van der Waals surface area contributed by atoms with E-state index in [2.05, 4.69) is 12.0 Å². The molecule has 2 aromatic rings. The number of hydrogen-bond acceptors (Lipinski definition) is 3. The number of carbonyl (C=O) groups is 1. The van der Waals surface area contributed by atoms with Crippen molar-refractivity contribution in [1.29, 1.82) is 0 Å². The number of carbonyl (C=O) groups excluding carboxylic acids is 1. The van der Waals surface area contributed by atoms with Gasteiger partial charge in [-0.15, -0.1) is 0 Å². The summed E-state index contributed by atoms with van der Waals surface area (Å²) in [4.78, 5) is 14.2. The Labute approximate surface area is 140 Å². The van der Waals surface area contributed by atoms with Crippen molar-refractivity contribution in [2.24, 2.45) is 7.05 Å². The molecular formula is C17H22FN3OS. The molecule has 1 atom stereocenters. The molecule has 0 saturated heterocycles. The predicted octanol–water partition coefficient (Wildman–Crippen LogP) is 3.25. The van der Waals surface area contributed by atoms with Crippen LogP contribution in [0.4, 0.5) is 4.39 Å². The number of rotatable bonds is 7. The molecule has 0 spiro atoms. The first-order chi connectivity index (χ1) is 11.0. The summed E-state index contributed by atoms with van der Waals surface area (Å²) in [7, 11) is 3.59. The molecule has 0 aliphatic carbocycles. The van der Waals surface area contributed by atoms with E-state index in [0.29, 0.717) is 5.75 Å². The molecule has 0 N–H and O–H groups in total. The maximum atomic E-state index is 13.6. The SMILES string of the molecule is CCCSCC(=O)N(C)C(c1cccc(F)c1)c1cnn(C)c1. The molecule has 0 fully saturated rings. The zero-order chi connectivity index (χ0) is 16.8. The molecule has 0 radical (unpaired) electrons. The van der Waals surface area contributed by atoms with Gasteiger partial charge in [-0.3, -0.25) is 9.48 Å². The van der Waals surface area contributed by atoms with Gasteiger partial charge in [0.15, 0.2) is 0 Å². The van der Waals surface area contributed by atoms with Gasteiger partial charge in [0.1, 0.15) is 5.82 Å². The van der Waals surface area contributed by atoms with Gasteiger partial charge in [-0.05, 0) is 29.9 Å². The highest BCUT2D eigenvalue weighted by molar-refractivity contribution is 7.99. The second-order valence-electron chi connectivity index (χ2n) is 5.46. The summed E-state index contributed by atoms with van der Waals surface area (Å²) in [5.41, 5.74) is 1.61. The zero-order valence-electron chi connectivity index (χ0n) is 13.7. The Balaban J connectivity index is 2.28. The topological polar surface area (TPSA) is 38.1 Å². The van der Waals surface area contributed by atoms with E-state index < -0.39 is 0 Å². The van der Waals surface area contributed by atoms with E-state index in [1.54, 1.807) is 40.7 Å². The molecule has 0 aliphatic rings. The van der Waals surface area contributed by atoms with Gasteiger partial charge in [0.2, 0.25) is 5.91 Å². The van der Waals surface area contributed by atoms with Crippen molar-refractivity contribution >= 4 is 17.7 Å². The molecule has 124 valence electrons. The van der Waals surface area contributed by atoms with E-state index >= 15 is 0 Å². The molecule has 6 heteroatoms. The average molecular weight is 335 g/mol. The van der Waals surface area contributed by atoms with Crippen molar-refractivity contribution in [2.45, 2.75) is 19.4 Å². The quantitative estimate of drug-likeness (QED) is 0.729. The third-order valence-corrected chi connectivity index (χ3v) is 4.71. The summed E-state index contributed by atoms with van der Waals surface area (Å²) in [5.74, 6) is 1.10. The molecule has 4 nitrogen and oxygen atoms in total. The van der Waals surface area contributed by atoms with E-state index in [9.17, 15) is 9.18 Å². The largest absolute Gasteiger partial charge is 0.334 e. The summed E-state index contributed by atoms with van der Waals surface area (Å²) in [6, 6.07) is 6.04. The smallest absolute Gasteiger partial charge is 0.233 e. The fourth-order valence-corrected chi connectivity index (χ4v) is 3.26. The third-order valence-electron chi connectivity index (χ3n) is 3.56. The molecule has 0 saturated carbocycles. The van der Waals surface area contributed by atoms with Gasteiger partial charge in [-0.1, -0.05) is 19.1 Å². The lowest BCUT2D eigenvalue weighted by Crippen LogP contribution is -2.33. The van der Waals surface area contributed by atoms with Gasteiger partial charge in [-0.25, -0.2) is 4.39 Å². The lowest BCUT2D eigenvalue weighted by Gasteiger charge is -2.28. The lowest BCUT2D eigenvalue weighted by molar-refractivity contribution is -0.128. The van der Waals surface area contributed by atoms with E-state index in [4.69, 9.17) is 0 Å². The van der Waals surface area contributed by atoms with Crippen LogP contribution in [0.1, 0.15) is 30.5 Å². The van der Waals surface area contributed by atoms with Crippen LogP contribution in [0.2, 0.25) is 0 Å². The second-order valence-corrected chi connectivity index (χ2v) is 6.57. The first-order valence-electron chi connectivity index (χ1n) is 7.60. The Morgan fingerprint density at radius 1 is 1.43 bits per heavy atom. The number of amides is 1. The summed E-state index contributed by atoms with van der Waals surface area (Å²) >= 11 is 1.62. The summed E-state index contributed by atoms with van der Waals surface area (Å²) in [6.07, 6.45) is 4.62. The standard InChI is InChI=1S/C17H22FN3OS/c1-4-8-23-12-16(22)21(3)17(14-10-19-20(2)11-14)13-6-5-7-15(18)9-13/h5-7,9-11,17H,4,8,12H2,1-3H3. The number of nitrogens with zero attached hydrogens (tertiary/aromatic N) is 3. The van der Waals surface area contributed by atoms with Crippen LogP contribution in [0.25, 0.3) is 0 Å². The molecule has 0 aliphatic heterocycles. The maximum absolute atomic E-state index is 13.6. The highest BCUT2D eigenvalue weighted by Gasteiger charge is 2.24. The van der Waals surface area contributed by atoms with E-state index in [-0.39, 0.29) is 17.8 Å². The first kappa shape index (κ1) is 17.5. The van der Waals surface area contributed by atoms with Crippen LogP contribution in [0, 0.1) is 5.82 Å². The molecule has 1 aromatic carbocycles. The van der Waals surface area contributed by atoms with Crippen molar-refractivity contribution < 1.29 is 9.18 Å². The molecule has 2 rings (SSSR count). The summed E-state index contributed by atoms with van der Waals surface area (Å²) in [6.45, 7) is 2.09. The van der Waals surface area contributed by atoms with E-state index in [1.807, 2.05) is 19.3 Å². The van der Waals surface area contributed by atoms with Crippen LogP contribution in [-0.4, -0.2) is 39.1 Å². The van der Waals surface area contributed by atoms with Gasteiger partial charge < -0.3 is 4.90 Å². The monoisotopic (exact) mass is 335 g/mol. The highest BCUT2D eigenvalue weighted by atomic mass is 32.2. The number of thioether (sulfide) groups is 1. The fraction of sp³-hybridized carbons (Fsp3) is 0.412. The fourth-order valence-electron chi connectivity index (χ4n) is 2.45. The van der Waals surface area contributed by atoms with E-state index in [1.165, 1.54) is 12.1 Å². The lowest BCUT2D eigenvalue weighted by atomic mass is 10.00. The molecule has 1 aromatic heterocycles.